The van der Waals surface area contributed by atoms with Gasteiger partial charge in [-0.05, 0) is 26.2 Å². The molecule has 3 N–H and O–H groups in total. The molecular weight excluding hydrogens is 408 g/mol. The molecule has 2 aliphatic rings. The average molecular weight is 433 g/mol. The van der Waals surface area contributed by atoms with Gasteiger partial charge in [0.2, 0.25) is 11.9 Å². The maximum absolute atomic E-state index is 9.82. The minimum atomic E-state index is -0.211. The normalized spacial score (nSPS) is 15.4. The summed E-state index contributed by atoms with van der Waals surface area (Å²) in [6, 6.07) is 0.486. The smallest absolute Gasteiger partial charge is 0.257 e. The molecule has 1 amide bonds. The molecule has 3 aromatic rings. The zero-order valence-corrected chi connectivity index (χ0v) is 17.8. The standard InChI is InChI=1S/C15H16ClN7O.C4H9NO/c1-8-11-14(21-23(8)9-3-4-9)24-6-2-5-22-13-10(12(16)20-22)7-17-15(18-11)19-13;1-2-3-4(5)6/h7,9H,2-6H2,1H3,(H,17,18,19);2-3H2,1H3,(H2,5,6). The van der Waals surface area contributed by atoms with Crippen molar-refractivity contribution < 1.29 is 9.53 Å². The maximum Gasteiger partial charge on any atom is 0.257 e. The molecule has 4 heterocycles. The van der Waals surface area contributed by atoms with Crippen LogP contribution in [0.15, 0.2) is 6.20 Å². The van der Waals surface area contributed by atoms with E-state index in [1.165, 1.54) is 12.8 Å². The van der Waals surface area contributed by atoms with E-state index in [0.717, 1.165) is 35.3 Å². The first kappa shape index (κ1) is 20.4. The van der Waals surface area contributed by atoms with Crippen LogP contribution in [0.1, 0.15) is 50.8 Å². The first-order valence-electron chi connectivity index (χ1n) is 10.1. The monoisotopic (exact) mass is 432 g/mol. The number of aryl methyl sites for hydroxylation is 1. The predicted molar refractivity (Wildman–Crippen MR) is 113 cm³/mol. The van der Waals surface area contributed by atoms with Gasteiger partial charge in [0.05, 0.1) is 23.7 Å². The number of ether oxygens (including phenoxy) is 1. The van der Waals surface area contributed by atoms with Crippen LogP contribution in [0.25, 0.3) is 11.0 Å². The Bertz CT molecular complexity index is 1070. The molecule has 10 nitrogen and oxygen atoms in total. The topological polar surface area (TPSA) is 126 Å². The Hall–Kier alpha value is -2.88. The van der Waals surface area contributed by atoms with Crippen molar-refractivity contribution in [3.8, 4) is 5.88 Å². The lowest BCUT2D eigenvalue weighted by Gasteiger charge is -2.06. The number of anilines is 2. The second-order valence-corrected chi connectivity index (χ2v) is 7.79. The minimum Gasteiger partial charge on any atom is -0.475 e. The zero-order chi connectivity index (χ0) is 21.3. The number of hydrogen-bond donors (Lipinski definition) is 2. The van der Waals surface area contributed by atoms with E-state index in [1.54, 1.807) is 10.9 Å². The summed E-state index contributed by atoms with van der Waals surface area (Å²) >= 11 is 6.17. The Balaban J connectivity index is 0.000000322. The van der Waals surface area contributed by atoms with E-state index in [-0.39, 0.29) is 5.91 Å². The number of fused-ring (bicyclic) bond motifs is 2. The summed E-state index contributed by atoms with van der Waals surface area (Å²) in [5.41, 5.74) is 7.37. The van der Waals surface area contributed by atoms with Crippen LogP contribution in [0, 0.1) is 6.92 Å². The molecule has 3 aromatic heterocycles. The van der Waals surface area contributed by atoms with Gasteiger partial charge in [0.1, 0.15) is 5.69 Å². The molecule has 2 bridgehead atoms. The molecule has 5 rings (SSSR count). The Morgan fingerprint density at radius 2 is 2.20 bits per heavy atom. The van der Waals surface area contributed by atoms with E-state index in [4.69, 9.17) is 22.1 Å². The summed E-state index contributed by atoms with van der Waals surface area (Å²) < 4.78 is 9.76. The van der Waals surface area contributed by atoms with Crippen molar-refractivity contribution in [2.24, 2.45) is 5.73 Å². The molecule has 0 atom stereocenters. The first-order valence-corrected chi connectivity index (χ1v) is 10.5. The van der Waals surface area contributed by atoms with Gasteiger partial charge in [0, 0.05) is 25.6 Å². The van der Waals surface area contributed by atoms with Gasteiger partial charge in [-0.1, -0.05) is 18.5 Å². The van der Waals surface area contributed by atoms with Crippen LogP contribution in [0.3, 0.4) is 0 Å². The maximum atomic E-state index is 9.82. The number of nitrogens with two attached hydrogens (primary N) is 1. The third-order valence-electron chi connectivity index (χ3n) is 4.94. The number of carbonyl (C=O) groups excluding carboxylic acids is 1. The molecule has 1 saturated carbocycles. The van der Waals surface area contributed by atoms with Crippen molar-refractivity contribution in [3.05, 3.63) is 17.0 Å². The number of nitrogens with zero attached hydrogens (tertiary/aromatic N) is 6. The molecule has 0 radical (unpaired) electrons. The molecule has 1 aliphatic carbocycles. The van der Waals surface area contributed by atoms with Gasteiger partial charge in [0.15, 0.2) is 10.8 Å². The fourth-order valence-electron chi connectivity index (χ4n) is 3.29. The third kappa shape index (κ3) is 4.18. The van der Waals surface area contributed by atoms with Crippen LogP contribution >= 0.6 is 11.6 Å². The van der Waals surface area contributed by atoms with E-state index in [9.17, 15) is 4.79 Å². The molecule has 1 fully saturated rings. The number of primary amides is 1. The number of hydrogen-bond acceptors (Lipinski definition) is 7. The largest absolute Gasteiger partial charge is 0.475 e. The van der Waals surface area contributed by atoms with Crippen molar-refractivity contribution in [3.63, 3.8) is 0 Å². The van der Waals surface area contributed by atoms with E-state index >= 15 is 0 Å². The predicted octanol–water partition coefficient (Wildman–Crippen LogP) is 3.12. The SMILES string of the molecule is CCCC(N)=O.Cc1c2c(nn1C1CC1)OCCCn1nc(Cl)c3cnc(nc31)N2. The summed E-state index contributed by atoms with van der Waals surface area (Å²) in [4.78, 5) is 18.8. The van der Waals surface area contributed by atoms with Crippen molar-refractivity contribution in [1.29, 1.82) is 0 Å². The molecule has 1 aliphatic heterocycles. The number of nitrogens with one attached hydrogen (secondary N) is 1. The van der Waals surface area contributed by atoms with Crippen LogP contribution in [0.2, 0.25) is 5.15 Å². The zero-order valence-electron chi connectivity index (χ0n) is 17.1. The number of rotatable bonds is 3. The highest BCUT2D eigenvalue weighted by atomic mass is 35.5. The van der Waals surface area contributed by atoms with Gasteiger partial charge >= 0.3 is 0 Å². The Morgan fingerprint density at radius 1 is 1.40 bits per heavy atom. The summed E-state index contributed by atoms with van der Waals surface area (Å²) in [6.45, 7) is 5.19. The molecule has 11 heteroatoms. The first-order chi connectivity index (χ1) is 14.5. The molecular formula is C19H25ClN8O2. The van der Waals surface area contributed by atoms with Gasteiger partial charge in [0.25, 0.3) is 5.88 Å². The Labute approximate surface area is 178 Å². The number of carbonyl (C=O) groups is 1. The highest BCUT2D eigenvalue weighted by molar-refractivity contribution is 6.34. The average Bonchev–Trinajstić information content (AvgIpc) is 3.45. The second-order valence-electron chi connectivity index (χ2n) is 7.43. The van der Waals surface area contributed by atoms with E-state index in [0.29, 0.717) is 42.6 Å². The Morgan fingerprint density at radius 3 is 2.87 bits per heavy atom. The van der Waals surface area contributed by atoms with Gasteiger partial charge < -0.3 is 15.8 Å². The molecule has 0 unspecified atom stereocenters. The summed E-state index contributed by atoms with van der Waals surface area (Å²) in [7, 11) is 0. The van der Waals surface area contributed by atoms with Crippen molar-refractivity contribution in [2.45, 2.75) is 58.5 Å². The number of amides is 1. The molecule has 0 saturated heterocycles. The van der Waals surface area contributed by atoms with Crippen LogP contribution in [-0.4, -0.2) is 42.0 Å². The van der Waals surface area contributed by atoms with E-state index in [2.05, 4.69) is 25.5 Å². The molecule has 0 spiro atoms. The quantitative estimate of drug-likeness (QED) is 0.651. The third-order valence-corrected chi connectivity index (χ3v) is 5.22. The van der Waals surface area contributed by atoms with Gasteiger partial charge in [-0.2, -0.15) is 10.1 Å². The Kier molecular flexibility index (Phi) is 5.76. The number of aromatic nitrogens is 6. The summed E-state index contributed by atoms with van der Waals surface area (Å²) in [5.74, 6) is 0.892. The lowest BCUT2D eigenvalue weighted by atomic mass is 10.3. The van der Waals surface area contributed by atoms with E-state index < -0.39 is 0 Å². The summed E-state index contributed by atoms with van der Waals surface area (Å²) in [6.07, 6.45) is 6.20. The fourth-order valence-corrected chi connectivity index (χ4v) is 3.52. The van der Waals surface area contributed by atoms with Crippen LogP contribution in [0.4, 0.5) is 11.6 Å². The lowest BCUT2D eigenvalue weighted by molar-refractivity contribution is -0.118. The van der Waals surface area contributed by atoms with Crippen molar-refractivity contribution >= 4 is 40.2 Å². The van der Waals surface area contributed by atoms with Crippen LogP contribution in [-0.2, 0) is 11.3 Å². The fraction of sp³-hybridized carbons (Fsp3) is 0.526. The van der Waals surface area contributed by atoms with Crippen LogP contribution < -0.4 is 15.8 Å². The van der Waals surface area contributed by atoms with Gasteiger partial charge in [-0.25, -0.2) is 9.67 Å². The second kappa shape index (κ2) is 8.47. The molecule has 0 aromatic carbocycles. The highest BCUT2D eigenvalue weighted by Gasteiger charge is 2.29. The van der Waals surface area contributed by atoms with Crippen LogP contribution in [0.5, 0.6) is 5.88 Å². The van der Waals surface area contributed by atoms with Crippen molar-refractivity contribution in [1.82, 2.24) is 29.5 Å². The number of halogens is 1. The van der Waals surface area contributed by atoms with E-state index in [1.807, 2.05) is 18.5 Å². The van der Waals surface area contributed by atoms with Gasteiger partial charge in [-0.15, -0.1) is 5.10 Å². The minimum absolute atomic E-state index is 0.211. The highest BCUT2D eigenvalue weighted by Crippen LogP contribution is 2.40. The molecule has 160 valence electrons. The lowest BCUT2D eigenvalue weighted by Crippen LogP contribution is -2.08. The summed E-state index contributed by atoms with van der Waals surface area (Å²) in [5, 5.41) is 13.4. The molecule has 30 heavy (non-hydrogen) atoms. The van der Waals surface area contributed by atoms with Gasteiger partial charge in [-0.3, -0.25) is 9.48 Å². The van der Waals surface area contributed by atoms with Crippen molar-refractivity contribution in [2.75, 3.05) is 11.9 Å².